The van der Waals surface area contributed by atoms with Crippen LogP contribution in [0.15, 0.2) is 0 Å². The van der Waals surface area contributed by atoms with E-state index in [9.17, 15) is 14.4 Å². The SMILES string of the molecule is NCC1CCCCC1C(=O)NC(CC(N)=O)C(=O)O. The summed E-state index contributed by atoms with van der Waals surface area (Å²) in [4.78, 5) is 33.8. The van der Waals surface area contributed by atoms with E-state index in [4.69, 9.17) is 16.6 Å². The molecule has 1 aliphatic carbocycles. The number of carboxylic acid groups (broad SMARTS) is 1. The van der Waals surface area contributed by atoms with Crippen molar-refractivity contribution in [3.8, 4) is 0 Å². The molecule has 3 atom stereocenters. The van der Waals surface area contributed by atoms with E-state index in [2.05, 4.69) is 5.32 Å². The lowest BCUT2D eigenvalue weighted by atomic mass is 9.78. The molecule has 0 aromatic rings. The van der Waals surface area contributed by atoms with Gasteiger partial charge < -0.3 is 21.9 Å². The molecule has 0 aliphatic heterocycles. The Morgan fingerprint density at radius 2 is 1.89 bits per heavy atom. The zero-order chi connectivity index (χ0) is 14.4. The maximum Gasteiger partial charge on any atom is 0.326 e. The smallest absolute Gasteiger partial charge is 0.326 e. The average molecular weight is 271 g/mol. The summed E-state index contributed by atoms with van der Waals surface area (Å²) in [5.41, 5.74) is 10.6. The lowest BCUT2D eigenvalue weighted by Crippen LogP contribution is -2.48. The number of carboxylic acids is 1. The summed E-state index contributed by atoms with van der Waals surface area (Å²) in [6.45, 7) is 0.408. The number of carbonyl (C=O) groups is 3. The Kier molecular flexibility index (Phi) is 5.75. The molecule has 0 bridgehead atoms. The van der Waals surface area contributed by atoms with Crippen molar-refractivity contribution in [2.75, 3.05) is 6.54 Å². The summed E-state index contributed by atoms with van der Waals surface area (Å²) in [5.74, 6) is -2.55. The molecule has 1 aliphatic rings. The molecule has 0 aromatic carbocycles. The monoisotopic (exact) mass is 271 g/mol. The largest absolute Gasteiger partial charge is 0.480 e. The summed E-state index contributed by atoms with van der Waals surface area (Å²) < 4.78 is 0. The van der Waals surface area contributed by atoms with Crippen LogP contribution in [-0.2, 0) is 14.4 Å². The molecule has 108 valence electrons. The van der Waals surface area contributed by atoms with Gasteiger partial charge in [-0.25, -0.2) is 4.79 Å². The van der Waals surface area contributed by atoms with Gasteiger partial charge in [-0.3, -0.25) is 9.59 Å². The molecule has 1 fully saturated rings. The minimum Gasteiger partial charge on any atom is -0.480 e. The molecule has 2 amide bonds. The van der Waals surface area contributed by atoms with Crippen LogP contribution in [0.3, 0.4) is 0 Å². The summed E-state index contributed by atoms with van der Waals surface area (Å²) in [7, 11) is 0. The highest BCUT2D eigenvalue weighted by molar-refractivity contribution is 5.89. The van der Waals surface area contributed by atoms with Gasteiger partial charge in [-0.1, -0.05) is 12.8 Å². The van der Waals surface area contributed by atoms with Crippen molar-refractivity contribution >= 4 is 17.8 Å². The Hall–Kier alpha value is -1.63. The van der Waals surface area contributed by atoms with Gasteiger partial charge in [0.1, 0.15) is 6.04 Å². The minimum atomic E-state index is -1.26. The van der Waals surface area contributed by atoms with Crippen molar-refractivity contribution in [1.29, 1.82) is 0 Å². The van der Waals surface area contributed by atoms with Crippen LogP contribution in [-0.4, -0.2) is 35.5 Å². The Balaban J connectivity index is 2.64. The topological polar surface area (TPSA) is 136 Å². The molecule has 7 nitrogen and oxygen atoms in total. The van der Waals surface area contributed by atoms with Crippen molar-refractivity contribution in [1.82, 2.24) is 5.32 Å². The molecule has 0 aromatic heterocycles. The zero-order valence-electron chi connectivity index (χ0n) is 10.8. The van der Waals surface area contributed by atoms with Crippen molar-refractivity contribution in [2.24, 2.45) is 23.3 Å². The van der Waals surface area contributed by atoms with E-state index in [1.165, 1.54) is 0 Å². The van der Waals surface area contributed by atoms with E-state index in [1.807, 2.05) is 0 Å². The summed E-state index contributed by atoms with van der Waals surface area (Å²) in [6, 6.07) is -1.26. The summed E-state index contributed by atoms with van der Waals surface area (Å²) in [6.07, 6.45) is 3.15. The minimum absolute atomic E-state index is 0.0803. The number of carbonyl (C=O) groups excluding carboxylic acids is 2. The molecule has 3 unspecified atom stereocenters. The first-order valence-corrected chi connectivity index (χ1v) is 6.47. The second-order valence-electron chi connectivity index (χ2n) is 4.96. The number of rotatable bonds is 6. The van der Waals surface area contributed by atoms with Crippen LogP contribution >= 0.6 is 0 Å². The van der Waals surface area contributed by atoms with Crippen molar-refractivity contribution < 1.29 is 19.5 Å². The molecule has 0 heterocycles. The van der Waals surface area contributed by atoms with Crippen molar-refractivity contribution in [2.45, 2.75) is 38.1 Å². The number of amides is 2. The Bertz CT molecular complexity index is 359. The molecule has 7 heteroatoms. The molecule has 0 saturated heterocycles. The Morgan fingerprint density at radius 3 is 2.42 bits per heavy atom. The lowest BCUT2D eigenvalue weighted by molar-refractivity contribution is -0.144. The van der Waals surface area contributed by atoms with Crippen LogP contribution in [0.4, 0.5) is 0 Å². The molecular formula is C12H21N3O4. The van der Waals surface area contributed by atoms with E-state index < -0.39 is 24.3 Å². The number of hydrogen-bond acceptors (Lipinski definition) is 4. The van der Waals surface area contributed by atoms with E-state index in [-0.39, 0.29) is 17.7 Å². The summed E-state index contributed by atoms with van der Waals surface area (Å²) in [5, 5.41) is 11.3. The predicted octanol–water partition coefficient (Wildman–Crippen LogP) is -0.804. The van der Waals surface area contributed by atoms with Gasteiger partial charge in [-0.05, 0) is 25.3 Å². The van der Waals surface area contributed by atoms with Crippen LogP contribution in [0.25, 0.3) is 0 Å². The molecule has 1 saturated carbocycles. The van der Waals surface area contributed by atoms with E-state index in [1.54, 1.807) is 0 Å². The van der Waals surface area contributed by atoms with Crippen LogP contribution < -0.4 is 16.8 Å². The highest BCUT2D eigenvalue weighted by atomic mass is 16.4. The number of nitrogens with two attached hydrogens (primary N) is 2. The number of nitrogens with one attached hydrogen (secondary N) is 1. The maximum absolute atomic E-state index is 12.1. The highest BCUT2D eigenvalue weighted by Crippen LogP contribution is 2.29. The molecule has 0 radical (unpaired) electrons. The van der Waals surface area contributed by atoms with Crippen LogP contribution in [0.1, 0.15) is 32.1 Å². The summed E-state index contributed by atoms with van der Waals surface area (Å²) >= 11 is 0. The molecule has 0 spiro atoms. The number of primary amides is 1. The van der Waals surface area contributed by atoms with Gasteiger partial charge in [0.15, 0.2) is 0 Å². The van der Waals surface area contributed by atoms with Gasteiger partial charge in [-0.2, -0.15) is 0 Å². The van der Waals surface area contributed by atoms with Gasteiger partial charge >= 0.3 is 5.97 Å². The van der Waals surface area contributed by atoms with E-state index in [0.29, 0.717) is 13.0 Å². The third-order valence-corrected chi connectivity index (χ3v) is 3.57. The normalized spacial score (nSPS) is 24.5. The highest BCUT2D eigenvalue weighted by Gasteiger charge is 2.32. The predicted molar refractivity (Wildman–Crippen MR) is 67.9 cm³/mol. The van der Waals surface area contributed by atoms with Gasteiger partial charge in [0.05, 0.1) is 6.42 Å². The number of hydrogen-bond donors (Lipinski definition) is 4. The average Bonchev–Trinajstić information content (AvgIpc) is 2.37. The molecule has 19 heavy (non-hydrogen) atoms. The van der Waals surface area contributed by atoms with E-state index in [0.717, 1.165) is 19.3 Å². The van der Waals surface area contributed by atoms with Crippen molar-refractivity contribution in [3.05, 3.63) is 0 Å². The van der Waals surface area contributed by atoms with E-state index >= 15 is 0 Å². The second-order valence-corrected chi connectivity index (χ2v) is 4.96. The molecular weight excluding hydrogens is 250 g/mol. The third kappa shape index (κ3) is 4.51. The van der Waals surface area contributed by atoms with Gasteiger partial charge in [0.2, 0.25) is 11.8 Å². The Labute approximate surface area is 111 Å². The first-order valence-electron chi connectivity index (χ1n) is 6.47. The fourth-order valence-electron chi connectivity index (χ4n) is 2.51. The maximum atomic E-state index is 12.1. The van der Waals surface area contributed by atoms with Crippen LogP contribution in [0.2, 0.25) is 0 Å². The lowest BCUT2D eigenvalue weighted by Gasteiger charge is -2.30. The quantitative estimate of drug-likeness (QED) is 0.501. The molecule has 6 N–H and O–H groups in total. The fraction of sp³-hybridized carbons (Fsp3) is 0.750. The first kappa shape index (κ1) is 15.4. The standard InChI is InChI=1S/C12H21N3O4/c13-6-7-3-1-2-4-8(7)11(17)15-9(12(18)19)5-10(14)16/h7-9H,1-6,13H2,(H2,14,16)(H,15,17)(H,18,19). The van der Waals surface area contributed by atoms with Crippen LogP contribution in [0, 0.1) is 11.8 Å². The van der Waals surface area contributed by atoms with Gasteiger partial charge in [0.25, 0.3) is 0 Å². The second kappa shape index (κ2) is 7.08. The van der Waals surface area contributed by atoms with Gasteiger partial charge in [-0.15, -0.1) is 0 Å². The first-order chi connectivity index (χ1) is 8.95. The van der Waals surface area contributed by atoms with Gasteiger partial charge in [0, 0.05) is 5.92 Å². The third-order valence-electron chi connectivity index (χ3n) is 3.57. The number of aliphatic carboxylic acids is 1. The van der Waals surface area contributed by atoms with Crippen LogP contribution in [0.5, 0.6) is 0 Å². The Morgan fingerprint density at radius 1 is 1.26 bits per heavy atom. The zero-order valence-corrected chi connectivity index (χ0v) is 10.8. The fourth-order valence-corrected chi connectivity index (χ4v) is 2.51. The molecule has 1 rings (SSSR count). The van der Waals surface area contributed by atoms with Crippen molar-refractivity contribution in [3.63, 3.8) is 0 Å².